The Hall–Kier alpha value is -1.20. The highest BCUT2D eigenvalue weighted by molar-refractivity contribution is 9.10. The van der Waals surface area contributed by atoms with E-state index >= 15 is 0 Å². The maximum absolute atomic E-state index is 5.87. The summed E-state index contributed by atoms with van der Waals surface area (Å²) in [4.78, 5) is 4.28. The molecule has 4 nitrogen and oxygen atoms in total. The van der Waals surface area contributed by atoms with Gasteiger partial charge in [0.1, 0.15) is 0 Å². The summed E-state index contributed by atoms with van der Waals surface area (Å²) < 4.78 is 2.63. The first-order chi connectivity index (χ1) is 7.18. The van der Waals surface area contributed by atoms with Gasteiger partial charge in [-0.05, 0) is 28.9 Å². The third-order valence-electron chi connectivity index (χ3n) is 2.08. The van der Waals surface area contributed by atoms with Gasteiger partial charge in [0.15, 0.2) is 5.82 Å². The largest absolute Gasteiger partial charge is 0.324 e. The Kier molecular flexibility index (Phi) is 2.83. The molecule has 2 N–H and O–H groups in total. The first-order valence-corrected chi connectivity index (χ1v) is 5.39. The van der Waals surface area contributed by atoms with E-state index in [1.54, 1.807) is 17.1 Å². The molecule has 1 unspecified atom stereocenters. The lowest BCUT2D eigenvalue weighted by Gasteiger charge is -2.10. The van der Waals surface area contributed by atoms with Crippen LogP contribution in [0.15, 0.2) is 35.2 Å². The second kappa shape index (κ2) is 4.12. The Labute approximate surface area is 96.3 Å². The number of halogens is 1. The van der Waals surface area contributed by atoms with Crippen molar-refractivity contribution in [2.45, 2.75) is 13.0 Å². The maximum atomic E-state index is 5.87. The molecule has 2 aromatic rings. The van der Waals surface area contributed by atoms with Gasteiger partial charge in [0.25, 0.3) is 0 Å². The van der Waals surface area contributed by atoms with Gasteiger partial charge in [-0.1, -0.05) is 6.07 Å². The van der Waals surface area contributed by atoms with Gasteiger partial charge < -0.3 is 5.73 Å². The van der Waals surface area contributed by atoms with E-state index in [4.69, 9.17) is 5.73 Å². The Morgan fingerprint density at radius 2 is 2.33 bits per heavy atom. The molecule has 0 saturated heterocycles. The highest BCUT2D eigenvalue weighted by Gasteiger charge is 2.09. The van der Waals surface area contributed by atoms with Crippen LogP contribution in [0.2, 0.25) is 0 Å². The predicted molar refractivity (Wildman–Crippen MR) is 61.7 cm³/mol. The van der Waals surface area contributed by atoms with Crippen molar-refractivity contribution in [3.8, 4) is 5.82 Å². The predicted octanol–water partition coefficient (Wildman–Crippen LogP) is 2.05. The van der Waals surface area contributed by atoms with E-state index in [1.807, 2.05) is 25.3 Å². The smallest absolute Gasteiger partial charge is 0.158 e. The molecule has 78 valence electrons. The van der Waals surface area contributed by atoms with E-state index in [0.717, 1.165) is 15.9 Å². The maximum Gasteiger partial charge on any atom is 0.158 e. The minimum atomic E-state index is -0.0586. The van der Waals surface area contributed by atoms with Gasteiger partial charge in [0.05, 0.1) is 10.7 Å². The summed E-state index contributed by atoms with van der Waals surface area (Å²) in [5, 5.41) is 4.18. The van der Waals surface area contributed by atoms with Crippen molar-refractivity contribution >= 4 is 15.9 Å². The highest BCUT2D eigenvalue weighted by Crippen LogP contribution is 2.18. The van der Waals surface area contributed by atoms with Crippen LogP contribution >= 0.6 is 15.9 Å². The molecule has 0 fully saturated rings. The number of nitrogens with two attached hydrogens (primary N) is 1. The summed E-state index contributed by atoms with van der Waals surface area (Å²) in [6.07, 6.45) is 5.31. The zero-order valence-electron chi connectivity index (χ0n) is 8.26. The fourth-order valence-corrected chi connectivity index (χ4v) is 1.66. The molecule has 0 bridgehead atoms. The number of aromatic nitrogens is 3. The standard InChI is InChI=1S/C10H11BrN4/c1-7(12)9-3-2-4-13-10(9)15-6-8(11)5-14-15/h2-7H,12H2,1H3. The molecule has 0 radical (unpaired) electrons. The molecule has 0 aliphatic carbocycles. The van der Waals surface area contributed by atoms with Crippen molar-refractivity contribution in [2.75, 3.05) is 0 Å². The first-order valence-electron chi connectivity index (χ1n) is 4.59. The van der Waals surface area contributed by atoms with Crippen molar-refractivity contribution < 1.29 is 0 Å². The molecule has 0 amide bonds. The summed E-state index contributed by atoms with van der Waals surface area (Å²) in [6.45, 7) is 1.93. The molecular weight excluding hydrogens is 256 g/mol. The Morgan fingerprint density at radius 1 is 1.53 bits per heavy atom. The summed E-state index contributed by atoms with van der Waals surface area (Å²) in [7, 11) is 0. The van der Waals surface area contributed by atoms with E-state index in [1.165, 1.54) is 0 Å². The Bertz CT molecular complexity index is 464. The van der Waals surface area contributed by atoms with Crippen LogP contribution in [0, 0.1) is 0 Å². The molecule has 0 spiro atoms. The molecule has 5 heteroatoms. The van der Waals surface area contributed by atoms with E-state index in [-0.39, 0.29) is 6.04 Å². The van der Waals surface area contributed by atoms with Gasteiger partial charge in [0.2, 0.25) is 0 Å². The van der Waals surface area contributed by atoms with Crippen LogP contribution in [0.3, 0.4) is 0 Å². The van der Waals surface area contributed by atoms with Crippen LogP contribution in [0.25, 0.3) is 5.82 Å². The molecule has 2 aromatic heterocycles. The van der Waals surface area contributed by atoms with Gasteiger partial charge in [-0.25, -0.2) is 9.67 Å². The zero-order chi connectivity index (χ0) is 10.8. The molecule has 0 saturated carbocycles. The summed E-state index contributed by atoms with van der Waals surface area (Å²) in [5.41, 5.74) is 6.85. The quantitative estimate of drug-likeness (QED) is 0.905. The number of rotatable bonds is 2. The highest BCUT2D eigenvalue weighted by atomic mass is 79.9. The Balaban J connectivity index is 2.52. The fourth-order valence-electron chi connectivity index (χ4n) is 1.37. The molecule has 2 rings (SSSR count). The summed E-state index contributed by atoms with van der Waals surface area (Å²) in [5.74, 6) is 0.776. The normalized spacial score (nSPS) is 12.7. The SMILES string of the molecule is CC(N)c1cccnc1-n1cc(Br)cn1. The van der Waals surface area contributed by atoms with Crippen LogP contribution in [-0.2, 0) is 0 Å². The van der Waals surface area contributed by atoms with Crippen LogP contribution in [0.1, 0.15) is 18.5 Å². The monoisotopic (exact) mass is 266 g/mol. The first kappa shape index (κ1) is 10.3. The van der Waals surface area contributed by atoms with Crippen LogP contribution in [-0.4, -0.2) is 14.8 Å². The van der Waals surface area contributed by atoms with Gasteiger partial charge in [-0.15, -0.1) is 0 Å². The molecule has 1 atom stereocenters. The van der Waals surface area contributed by atoms with Crippen LogP contribution in [0.5, 0.6) is 0 Å². The molecule has 0 aliphatic rings. The van der Waals surface area contributed by atoms with Crippen LogP contribution in [0.4, 0.5) is 0 Å². The lowest BCUT2D eigenvalue weighted by atomic mass is 10.1. The lowest BCUT2D eigenvalue weighted by Crippen LogP contribution is -2.11. The second-order valence-corrected chi connectivity index (χ2v) is 4.22. The van der Waals surface area contributed by atoms with E-state index < -0.39 is 0 Å². The average molecular weight is 267 g/mol. The Morgan fingerprint density at radius 3 is 2.93 bits per heavy atom. The summed E-state index contributed by atoms with van der Waals surface area (Å²) in [6, 6.07) is 3.78. The number of pyridine rings is 1. The van der Waals surface area contributed by atoms with Gasteiger partial charge in [-0.2, -0.15) is 5.10 Å². The molecule has 2 heterocycles. The van der Waals surface area contributed by atoms with E-state index in [2.05, 4.69) is 26.0 Å². The minimum Gasteiger partial charge on any atom is -0.324 e. The van der Waals surface area contributed by atoms with Crippen molar-refractivity contribution in [1.29, 1.82) is 0 Å². The second-order valence-electron chi connectivity index (χ2n) is 3.31. The van der Waals surface area contributed by atoms with Crippen molar-refractivity contribution in [3.05, 3.63) is 40.8 Å². The lowest BCUT2D eigenvalue weighted by molar-refractivity contribution is 0.761. The molecule has 0 aliphatic heterocycles. The number of nitrogens with zero attached hydrogens (tertiary/aromatic N) is 3. The zero-order valence-corrected chi connectivity index (χ0v) is 9.85. The third kappa shape index (κ3) is 2.08. The fraction of sp³-hybridized carbons (Fsp3) is 0.200. The van der Waals surface area contributed by atoms with Gasteiger partial charge in [0, 0.05) is 24.0 Å². The number of hydrogen-bond acceptors (Lipinski definition) is 3. The van der Waals surface area contributed by atoms with Gasteiger partial charge >= 0.3 is 0 Å². The van der Waals surface area contributed by atoms with Gasteiger partial charge in [-0.3, -0.25) is 0 Å². The number of hydrogen-bond donors (Lipinski definition) is 1. The van der Waals surface area contributed by atoms with E-state index in [0.29, 0.717) is 0 Å². The van der Waals surface area contributed by atoms with Crippen LogP contribution < -0.4 is 5.73 Å². The molecule has 15 heavy (non-hydrogen) atoms. The van der Waals surface area contributed by atoms with Crippen molar-refractivity contribution in [3.63, 3.8) is 0 Å². The average Bonchev–Trinajstić information content (AvgIpc) is 2.65. The molecule has 0 aromatic carbocycles. The van der Waals surface area contributed by atoms with Crippen molar-refractivity contribution in [2.24, 2.45) is 5.73 Å². The summed E-state index contributed by atoms with van der Waals surface area (Å²) >= 11 is 3.35. The topological polar surface area (TPSA) is 56.7 Å². The minimum absolute atomic E-state index is 0.0586. The van der Waals surface area contributed by atoms with E-state index in [9.17, 15) is 0 Å². The third-order valence-corrected chi connectivity index (χ3v) is 2.49. The molecular formula is C10H11BrN4. The van der Waals surface area contributed by atoms with Crippen molar-refractivity contribution in [1.82, 2.24) is 14.8 Å².